The van der Waals surface area contributed by atoms with Crippen LogP contribution in [-0.2, 0) is 19.4 Å². The fourth-order valence-electron chi connectivity index (χ4n) is 1.13. The van der Waals surface area contributed by atoms with Crippen LogP contribution < -0.4 is 0 Å². The van der Waals surface area contributed by atoms with Crippen molar-refractivity contribution in [2.75, 3.05) is 12.9 Å². The number of hydrogen-bond acceptors (Lipinski definition) is 4. The Bertz CT molecular complexity index is 481. The predicted molar refractivity (Wildman–Crippen MR) is 62.8 cm³/mol. The number of methoxy groups -OCH3 is 1. The van der Waals surface area contributed by atoms with Gasteiger partial charge in [0.2, 0.25) is 0 Å². The summed E-state index contributed by atoms with van der Waals surface area (Å²) in [4.78, 5) is 11.1. The average Bonchev–Trinajstić information content (AvgIpc) is 2.26. The van der Waals surface area contributed by atoms with Gasteiger partial charge in [-0.15, -0.1) is 0 Å². The predicted octanol–water partition coefficient (Wildman–Crippen LogP) is 1.79. The SMILES string of the molecule is COC(=O)CCS(=O)(=O)c1ccccc1Br. The fraction of sp³-hybridized carbons (Fsp3) is 0.300. The number of ether oxygens (including phenoxy) is 1. The van der Waals surface area contributed by atoms with Gasteiger partial charge < -0.3 is 4.74 Å². The van der Waals surface area contributed by atoms with Crippen molar-refractivity contribution in [3.63, 3.8) is 0 Å². The second-order valence-electron chi connectivity index (χ2n) is 3.08. The Morgan fingerprint density at radius 3 is 2.56 bits per heavy atom. The number of carbonyl (C=O) groups excluding carboxylic acids is 1. The number of benzene rings is 1. The molecule has 0 aliphatic heterocycles. The fourth-order valence-corrected chi connectivity index (χ4v) is 3.46. The van der Waals surface area contributed by atoms with Crippen LogP contribution in [0.4, 0.5) is 0 Å². The Morgan fingerprint density at radius 2 is 2.00 bits per heavy atom. The summed E-state index contributed by atoms with van der Waals surface area (Å²) in [5, 5.41) is 0. The van der Waals surface area contributed by atoms with Gasteiger partial charge in [0.25, 0.3) is 0 Å². The molecule has 0 spiro atoms. The largest absolute Gasteiger partial charge is 0.469 e. The summed E-state index contributed by atoms with van der Waals surface area (Å²) in [6, 6.07) is 6.50. The van der Waals surface area contributed by atoms with Crippen LogP contribution in [0.5, 0.6) is 0 Å². The Kier molecular flexibility index (Phi) is 4.49. The zero-order chi connectivity index (χ0) is 12.2. The lowest BCUT2D eigenvalue weighted by atomic mass is 10.4. The molecule has 0 aliphatic carbocycles. The monoisotopic (exact) mass is 306 g/mol. The summed E-state index contributed by atoms with van der Waals surface area (Å²) in [5.41, 5.74) is 0. The lowest BCUT2D eigenvalue weighted by Gasteiger charge is -2.05. The maximum Gasteiger partial charge on any atom is 0.306 e. The van der Waals surface area contributed by atoms with Crippen LogP contribution in [-0.4, -0.2) is 27.2 Å². The van der Waals surface area contributed by atoms with Crippen molar-refractivity contribution < 1.29 is 17.9 Å². The second kappa shape index (κ2) is 5.45. The lowest BCUT2D eigenvalue weighted by molar-refractivity contribution is -0.140. The summed E-state index contributed by atoms with van der Waals surface area (Å²) in [6.07, 6.45) is -0.139. The summed E-state index contributed by atoms with van der Waals surface area (Å²) in [5.74, 6) is -0.780. The quantitative estimate of drug-likeness (QED) is 0.796. The minimum atomic E-state index is -3.44. The maximum atomic E-state index is 11.8. The van der Waals surface area contributed by atoms with Crippen molar-refractivity contribution in [2.45, 2.75) is 11.3 Å². The van der Waals surface area contributed by atoms with E-state index in [1.165, 1.54) is 13.2 Å². The van der Waals surface area contributed by atoms with E-state index in [1.54, 1.807) is 18.2 Å². The minimum absolute atomic E-state index is 0.139. The number of esters is 1. The van der Waals surface area contributed by atoms with E-state index in [2.05, 4.69) is 20.7 Å². The molecule has 0 saturated carbocycles. The third-order valence-corrected chi connectivity index (χ3v) is 4.70. The first-order chi connectivity index (χ1) is 7.47. The van der Waals surface area contributed by atoms with Crippen LogP contribution in [0.3, 0.4) is 0 Å². The van der Waals surface area contributed by atoms with Crippen molar-refractivity contribution in [3.8, 4) is 0 Å². The Hall–Kier alpha value is -0.880. The highest BCUT2D eigenvalue weighted by atomic mass is 79.9. The number of sulfone groups is 1. The standard InChI is InChI=1S/C10H11BrO4S/c1-15-10(12)6-7-16(13,14)9-5-3-2-4-8(9)11/h2-5H,6-7H2,1H3. The molecule has 0 amide bonds. The number of halogens is 1. The van der Waals surface area contributed by atoms with E-state index in [-0.39, 0.29) is 17.1 Å². The van der Waals surface area contributed by atoms with Crippen molar-refractivity contribution in [1.29, 1.82) is 0 Å². The molecule has 16 heavy (non-hydrogen) atoms. The number of hydrogen-bond donors (Lipinski definition) is 0. The molecule has 0 aliphatic rings. The lowest BCUT2D eigenvalue weighted by Crippen LogP contribution is -2.12. The molecule has 6 heteroatoms. The van der Waals surface area contributed by atoms with Gasteiger partial charge in [-0.2, -0.15) is 0 Å². The van der Waals surface area contributed by atoms with Crippen molar-refractivity contribution in [1.82, 2.24) is 0 Å². The third-order valence-electron chi connectivity index (χ3n) is 1.97. The average molecular weight is 307 g/mol. The molecular formula is C10H11BrO4S. The van der Waals surface area contributed by atoms with Crippen molar-refractivity contribution >= 4 is 31.7 Å². The zero-order valence-corrected chi connectivity index (χ0v) is 11.0. The van der Waals surface area contributed by atoms with Gasteiger partial charge in [-0.1, -0.05) is 12.1 Å². The van der Waals surface area contributed by atoms with Crippen LogP contribution >= 0.6 is 15.9 Å². The maximum absolute atomic E-state index is 11.8. The van der Waals surface area contributed by atoms with Gasteiger partial charge in [-0.25, -0.2) is 8.42 Å². The minimum Gasteiger partial charge on any atom is -0.469 e. The topological polar surface area (TPSA) is 60.4 Å². The molecule has 88 valence electrons. The summed E-state index contributed by atoms with van der Waals surface area (Å²) < 4.78 is 28.6. The van der Waals surface area contributed by atoms with Gasteiger partial charge in [0.15, 0.2) is 9.84 Å². The normalized spacial score (nSPS) is 11.1. The number of rotatable bonds is 4. The van der Waals surface area contributed by atoms with Crippen molar-refractivity contribution in [2.24, 2.45) is 0 Å². The van der Waals surface area contributed by atoms with Gasteiger partial charge in [0.1, 0.15) is 0 Å². The summed E-state index contributed by atoms with van der Waals surface area (Å²) >= 11 is 3.16. The first-order valence-electron chi connectivity index (χ1n) is 4.51. The van der Waals surface area contributed by atoms with E-state index in [9.17, 15) is 13.2 Å². The van der Waals surface area contributed by atoms with E-state index in [4.69, 9.17) is 0 Å². The molecule has 4 nitrogen and oxygen atoms in total. The molecule has 1 rings (SSSR count). The highest BCUT2D eigenvalue weighted by Gasteiger charge is 2.18. The molecule has 0 bridgehead atoms. The molecule has 0 radical (unpaired) electrons. The Morgan fingerprint density at radius 1 is 1.38 bits per heavy atom. The van der Waals surface area contributed by atoms with E-state index in [0.29, 0.717) is 4.47 Å². The van der Waals surface area contributed by atoms with E-state index in [1.807, 2.05) is 0 Å². The van der Waals surface area contributed by atoms with Crippen LogP contribution in [0.15, 0.2) is 33.6 Å². The molecule has 0 heterocycles. The van der Waals surface area contributed by atoms with Crippen LogP contribution in [0.1, 0.15) is 6.42 Å². The van der Waals surface area contributed by atoms with Gasteiger partial charge in [0, 0.05) is 4.47 Å². The second-order valence-corrected chi connectivity index (χ2v) is 6.01. The van der Waals surface area contributed by atoms with E-state index in [0.717, 1.165) is 0 Å². The molecule has 0 atom stereocenters. The van der Waals surface area contributed by atoms with Crippen LogP contribution in [0.25, 0.3) is 0 Å². The van der Waals surface area contributed by atoms with E-state index >= 15 is 0 Å². The third kappa shape index (κ3) is 3.31. The Balaban J connectivity index is 2.87. The van der Waals surface area contributed by atoms with Gasteiger partial charge >= 0.3 is 5.97 Å². The summed E-state index contributed by atoms with van der Waals surface area (Å²) in [7, 11) is -2.21. The first kappa shape index (κ1) is 13.2. The Labute approximate surface area is 103 Å². The molecule has 1 aromatic carbocycles. The zero-order valence-electron chi connectivity index (χ0n) is 8.64. The van der Waals surface area contributed by atoms with Crippen LogP contribution in [0, 0.1) is 0 Å². The van der Waals surface area contributed by atoms with Crippen molar-refractivity contribution in [3.05, 3.63) is 28.7 Å². The molecular weight excluding hydrogens is 296 g/mol. The van der Waals surface area contributed by atoms with Gasteiger partial charge in [0.05, 0.1) is 24.2 Å². The molecule has 0 aromatic heterocycles. The number of carbonyl (C=O) groups is 1. The first-order valence-corrected chi connectivity index (χ1v) is 6.96. The van der Waals surface area contributed by atoms with Gasteiger partial charge in [-0.3, -0.25) is 4.79 Å². The molecule has 0 fully saturated rings. The van der Waals surface area contributed by atoms with Crippen LogP contribution in [0.2, 0.25) is 0 Å². The molecule has 0 saturated heterocycles. The molecule has 1 aromatic rings. The summed E-state index contributed by atoms with van der Waals surface area (Å²) in [6.45, 7) is 0. The van der Waals surface area contributed by atoms with Gasteiger partial charge in [-0.05, 0) is 28.1 Å². The smallest absolute Gasteiger partial charge is 0.306 e. The molecule has 0 N–H and O–H groups in total. The highest BCUT2D eigenvalue weighted by molar-refractivity contribution is 9.10. The molecule has 0 unspecified atom stereocenters. The van der Waals surface area contributed by atoms with E-state index < -0.39 is 15.8 Å². The highest BCUT2D eigenvalue weighted by Crippen LogP contribution is 2.22.